The number of aliphatic carboxylic acids is 1. The van der Waals surface area contributed by atoms with E-state index in [1.807, 2.05) is 6.92 Å². The first kappa shape index (κ1) is 14.1. The summed E-state index contributed by atoms with van der Waals surface area (Å²) in [5.41, 5.74) is 1.33. The van der Waals surface area contributed by atoms with Crippen LogP contribution in [0.2, 0.25) is 0 Å². The zero-order chi connectivity index (χ0) is 13.9. The van der Waals surface area contributed by atoms with Crippen LogP contribution in [0.1, 0.15) is 45.4 Å². The van der Waals surface area contributed by atoms with Gasteiger partial charge in [0.2, 0.25) is 5.91 Å². The molecule has 1 saturated heterocycles. The molecule has 1 aliphatic heterocycles. The molecule has 0 bridgehead atoms. The molecule has 0 aromatic carbocycles. The highest BCUT2D eigenvalue weighted by Gasteiger charge is 2.36. The highest BCUT2D eigenvalue weighted by atomic mass is 16.4. The van der Waals surface area contributed by atoms with Crippen molar-refractivity contribution in [2.75, 3.05) is 13.1 Å². The lowest BCUT2D eigenvalue weighted by atomic mass is 9.79. The molecule has 0 atom stereocenters. The normalized spacial score (nSPS) is 21.4. The van der Waals surface area contributed by atoms with Crippen LogP contribution in [-0.2, 0) is 9.59 Å². The molecule has 0 radical (unpaired) electrons. The summed E-state index contributed by atoms with van der Waals surface area (Å²) < 4.78 is 0. The first-order valence-electron chi connectivity index (χ1n) is 6.96. The van der Waals surface area contributed by atoms with Crippen LogP contribution >= 0.6 is 0 Å². The standard InChI is InChI=1S/C14H22N2O3/c1-10(11-8-15-9-11)13(19)16-14(7-12(17)18)5-3-2-4-6-14/h15H,2-9H2,1H3,(H,16,19)(H,17,18). The Morgan fingerprint density at radius 1 is 1.26 bits per heavy atom. The van der Waals surface area contributed by atoms with Gasteiger partial charge in [0.15, 0.2) is 0 Å². The number of amides is 1. The van der Waals surface area contributed by atoms with Gasteiger partial charge in [0.05, 0.1) is 12.0 Å². The molecule has 2 aliphatic rings. The minimum atomic E-state index is -0.835. The van der Waals surface area contributed by atoms with Gasteiger partial charge in [-0.2, -0.15) is 0 Å². The molecule has 5 nitrogen and oxygen atoms in total. The summed E-state index contributed by atoms with van der Waals surface area (Å²) in [5.74, 6) is -0.933. The maximum absolute atomic E-state index is 12.2. The molecule has 0 aromatic rings. The number of carboxylic acids is 1. The van der Waals surface area contributed by atoms with Crippen molar-refractivity contribution in [2.45, 2.75) is 51.0 Å². The quantitative estimate of drug-likeness (QED) is 0.668. The second-order valence-electron chi connectivity index (χ2n) is 5.70. The third-order valence-corrected chi connectivity index (χ3v) is 4.23. The average molecular weight is 266 g/mol. The van der Waals surface area contributed by atoms with Gasteiger partial charge in [0, 0.05) is 18.7 Å². The second-order valence-corrected chi connectivity index (χ2v) is 5.70. The first-order chi connectivity index (χ1) is 9.02. The van der Waals surface area contributed by atoms with Crippen molar-refractivity contribution < 1.29 is 14.7 Å². The van der Waals surface area contributed by atoms with Crippen LogP contribution in [0.25, 0.3) is 0 Å². The summed E-state index contributed by atoms with van der Waals surface area (Å²) in [6, 6.07) is 0. The summed E-state index contributed by atoms with van der Waals surface area (Å²) in [6.07, 6.45) is 4.67. The Labute approximate surface area is 113 Å². The molecule has 19 heavy (non-hydrogen) atoms. The van der Waals surface area contributed by atoms with Gasteiger partial charge in [-0.05, 0) is 25.3 Å². The Kier molecular flexibility index (Phi) is 4.24. The molecule has 2 rings (SSSR count). The van der Waals surface area contributed by atoms with E-state index in [4.69, 9.17) is 5.11 Å². The molecule has 0 spiro atoms. The molecule has 3 N–H and O–H groups in total. The van der Waals surface area contributed by atoms with Crippen LogP contribution in [0.4, 0.5) is 0 Å². The van der Waals surface area contributed by atoms with E-state index >= 15 is 0 Å². The number of carbonyl (C=O) groups excluding carboxylic acids is 1. The number of nitrogens with one attached hydrogen (secondary N) is 2. The molecule has 0 aromatic heterocycles. The molecule has 2 fully saturated rings. The van der Waals surface area contributed by atoms with Crippen molar-refractivity contribution in [3.05, 3.63) is 11.1 Å². The lowest BCUT2D eigenvalue weighted by Crippen LogP contribution is -2.52. The lowest BCUT2D eigenvalue weighted by Gasteiger charge is -2.37. The highest BCUT2D eigenvalue weighted by Crippen LogP contribution is 2.31. The molecule has 106 valence electrons. The van der Waals surface area contributed by atoms with Crippen molar-refractivity contribution in [3.8, 4) is 0 Å². The number of hydrogen-bond donors (Lipinski definition) is 3. The van der Waals surface area contributed by atoms with Gasteiger partial charge in [0.25, 0.3) is 0 Å². The fourth-order valence-corrected chi connectivity index (χ4v) is 2.87. The minimum Gasteiger partial charge on any atom is -0.481 e. The van der Waals surface area contributed by atoms with E-state index in [1.54, 1.807) is 0 Å². The van der Waals surface area contributed by atoms with Gasteiger partial charge in [-0.15, -0.1) is 0 Å². The molecule has 1 saturated carbocycles. The third kappa shape index (κ3) is 3.35. The molecule has 5 heteroatoms. The minimum absolute atomic E-state index is 0.0274. The Morgan fingerprint density at radius 3 is 2.37 bits per heavy atom. The lowest BCUT2D eigenvalue weighted by molar-refractivity contribution is -0.139. The average Bonchev–Trinajstić information content (AvgIpc) is 2.26. The fourth-order valence-electron chi connectivity index (χ4n) is 2.87. The van der Waals surface area contributed by atoms with E-state index < -0.39 is 11.5 Å². The van der Waals surface area contributed by atoms with Gasteiger partial charge in [-0.1, -0.05) is 19.3 Å². The zero-order valence-corrected chi connectivity index (χ0v) is 11.4. The second kappa shape index (κ2) is 5.74. The summed E-state index contributed by atoms with van der Waals surface area (Å²) in [7, 11) is 0. The predicted octanol–water partition coefficient (Wildman–Crippen LogP) is 1.20. The van der Waals surface area contributed by atoms with Gasteiger partial charge in [-0.3, -0.25) is 9.59 Å². The number of hydrogen-bond acceptors (Lipinski definition) is 3. The van der Waals surface area contributed by atoms with Crippen LogP contribution in [0.3, 0.4) is 0 Å². The molecular weight excluding hydrogens is 244 g/mol. The monoisotopic (exact) mass is 266 g/mol. The largest absolute Gasteiger partial charge is 0.481 e. The van der Waals surface area contributed by atoms with Gasteiger partial charge >= 0.3 is 5.97 Å². The number of carboxylic acid groups (broad SMARTS) is 1. The van der Waals surface area contributed by atoms with Crippen LogP contribution in [-0.4, -0.2) is 35.6 Å². The highest BCUT2D eigenvalue weighted by molar-refractivity contribution is 5.94. The van der Waals surface area contributed by atoms with Gasteiger partial charge in [0.1, 0.15) is 0 Å². The van der Waals surface area contributed by atoms with Crippen molar-refractivity contribution >= 4 is 11.9 Å². The Bertz CT molecular complexity index is 403. The van der Waals surface area contributed by atoms with E-state index in [-0.39, 0.29) is 12.3 Å². The molecule has 1 amide bonds. The smallest absolute Gasteiger partial charge is 0.305 e. The van der Waals surface area contributed by atoms with Crippen LogP contribution in [0, 0.1) is 0 Å². The summed E-state index contributed by atoms with van der Waals surface area (Å²) in [4.78, 5) is 23.3. The predicted molar refractivity (Wildman–Crippen MR) is 71.8 cm³/mol. The summed E-state index contributed by atoms with van der Waals surface area (Å²) in [5, 5.41) is 15.2. The first-order valence-corrected chi connectivity index (χ1v) is 6.96. The Morgan fingerprint density at radius 2 is 1.89 bits per heavy atom. The number of carbonyl (C=O) groups is 2. The van der Waals surface area contributed by atoms with Crippen molar-refractivity contribution in [1.82, 2.24) is 10.6 Å². The van der Waals surface area contributed by atoms with E-state index in [1.165, 1.54) is 0 Å². The van der Waals surface area contributed by atoms with E-state index in [9.17, 15) is 9.59 Å². The summed E-state index contributed by atoms with van der Waals surface area (Å²) >= 11 is 0. The third-order valence-electron chi connectivity index (χ3n) is 4.23. The Balaban J connectivity index is 2.07. The van der Waals surface area contributed by atoms with Gasteiger partial charge < -0.3 is 15.7 Å². The molecule has 1 aliphatic carbocycles. The summed E-state index contributed by atoms with van der Waals surface area (Å²) in [6.45, 7) is 3.36. The zero-order valence-electron chi connectivity index (χ0n) is 11.4. The van der Waals surface area contributed by atoms with Crippen LogP contribution in [0.5, 0.6) is 0 Å². The number of rotatable bonds is 4. The van der Waals surface area contributed by atoms with E-state index in [2.05, 4.69) is 10.6 Å². The topological polar surface area (TPSA) is 78.4 Å². The van der Waals surface area contributed by atoms with E-state index in [0.29, 0.717) is 0 Å². The van der Waals surface area contributed by atoms with Crippen LogP contribution in [0.15, 0.2) is 11.1 Å². The van der Waals surface area contributed by atoms with E-state index in [0.717, 1.165) is 56.3 Å². The van der Waals surface area contributed by atoms with Gasteiger partial charge in [-0.25, -0.2) is 0 Å². The fraction of sp³-hybridized carbons (Fsp3) is 0.714. The molecular formula is C14H22N2O3. The van der Waals surface area contributed by atoms with Crippen molar-refractivity contribution in [2.24, 2.45) is 0 Å². The van der Waals surface area contributed by atoms with Crippen molar-refractivity contribution in [1.29, 1.82) is 0 Å². The molecule has 1 heterocycles. The molecule has 0 unspecified atom stereocenters. The SMILES string of the molecule is CC(C(=O)NC1(CC(=O)O)CCCCC1)=C1CNC1. The van der Waals surface area contributed by atoms with Crippen LogP contribution < -0.4 is 10.6 Å². The van der Waals surface area contributed by atoms with Crippen molar-refractivity contribution in [3.63, 3.8) is 0 Å². The maximum atomic E-state index is 12.2. The Hall–Kier alpha value is -1.36. The maximum Gasteiger partial charge on any atom is 0.305 e.